The summed E-state index contributed by atoms with van der Waals surface area (Å²) in [6.07, 6.45) is 0.0291. The van der Waals surface area contributed by atoms with Crippen LogP contribution in [0.25, 0.3) is 0 Å². The molecule has 0 amide bonds. The Hall–Kier alpha value is -2.71. The van der Waals surface area contributed by atoms with E-state index >= 15 is 0 Å². The first kappa shape index (κ1) is 13.4. The number of aldehydes is 1. The van der Waals surface area contributed by atoms with Crippen molar-refractivity contribution >= 4 is 17.7 Å². The van der Waals surface area contributed by atoms with Gasteiger partial charge < -0.3 is 9.47 Å². The van der Waals surface area contributed by atoms with Crippen LogP contribution in [0.5, 0.6) is 11.5 Å². The lowest BCUT2D eigenvalue weighted by atomic mass is 10.1. The lowest BCUT2D eigenvalue weighted by Crippen LogP contribution is -2.05. The number of nitro benzene ring substituents is 2. The highest BCUT2D eigenvalue weighted by molar-refractivity contribution is 5.91. The number of carbonyl (C=O) groups excluding carboxylic acids is 1. The van der Waals surface area contributed by atoms with Crippen molar-refractivity contribution in [2.75, 3.05) is 14.2 Å². The monoisotopic (exact) mass is 256 g/mol. The van der Waals surface area contributed by atoms with Gasteiger partial charge in [0.05, 0.1) is 24.1 Å². The molecule has 1 aromatic carbocycles. The van der Waals surface area contributed by atoms with Crippen LogP contribution in [0.4, 0.5) is 11.4 Å². The van der Waals surface area contributed by atoms with Crippen molar-refractivity contribution in [1.29, 1.82) is 0 Å². The molecule has 9 nitrogen and oxygen atoms in total. The minimum Gasteiger partial charge on any atom is -0.490 e. The lowest BCUT2D eigenvalue weighted by molar-refractivity contribution is -0.395. The molecule has 1 aromatic rings. The van der Waals surface area contributed by atoms with Gasteiger partial charge in [-0.3, -0.25) is 25.0 Å². The van der Waals surface area contributed by atoms with Crippen LogP contribution in [0.2, 0.25) is 0 Å². The first-order chi connectivity index (χ1) is 8.47. The number of nitrogens with zero attached hydrogens (tertiary/aromatic N) is 2. The van der Waals surface area contributed by atoms with Crippen LogP contribution in [0.3, 0.4) is 0 Å². The Balaban J connectivity index is 3.81. The first-order valence-electron chi connectivity index (χ1n) is 4.50. The average molecular weight is 256 g/mol. The molecule has 0 saturated heterocycles. The summed E-state index contributed by atoms with van der Waals surface area (Å²) in [7, 11) is 2.28. The van der Waals surface area contributed by atoms with Gasteiger partial charge in [-0.1, -0.05) is 0 Å². The minimum absolute atomic E-state index is 0.0291. The molecule has 0 unspecified atom stereocenters. The van der Waals surface area contributed by atoms with Crippen LogP contribution < -0.4 is 9.47 Å². The SMILES string of the molecule is COc1cc(OC)c([N+](=O)[O-])c(C=O)c1[N+](=O)[O-]. The summed E-state index contributed by atoms with van der Waals surface area (Å²) in [5, 5.41) is 21.7. The van der Waals surface area contributed by atoms with E-state index in [1.165, 1.54) is 0 Å². The molecule has 0 aromatic heterocycles. The van der Waals surface area contributed by atoms with Gasteiger partial charge in [-0.25, -0.2) is 0 Å². The fraction of sp³-hybridized carbons (Fsp3) is 0.222. The molecule has 0 bridgehead atoms. The molecular formula is C9H8N2O7. The highest BCUT2D eigenvalue weighted by Crippen LogP contribution is 2.42. The third-order valence-electron chi connectivity index (χ3n) is 2.16. The van der Waals surface area contributed by atoms with E-state index in [1.807, 2.05) is 0 Å². The predicted octanol–water partition coefficient (Wildman–Crippen LogP) is 1.33. The fourth-order valence-electron chi connectivity index (χ4n) is 1.43. The second kappa shape index (κ2) is 5.08. The van der Waals surface area contributed by atoms with E-state index in [9.17, 15) is 25.0 Å². The van der Waals surface area contributed by atoms with E-state index in [4.69, 9.17) is 9.47 Å². The van der Waals surface area contributed by atoms with Crippen molar-refractivity contribution in [1.82, 2.24) is 0 Å². The van der Waals surface area contributed by atoms with Crippen LogP contribution in [0.15, 0.2) is 6.07 Å². The molecule has 0 atom stereocenters. The summed E-state index contributed by atoms with van der Waals surface area (Å²) in [4.78, 5) is 30.7. The summed E-state index contributed by atoms with van der Waals surface area (Å²) in [6, 6.07) is 0.989. The van der Waals surface area contributed by atoms with Crippen molar-refractivity contribution in [2.24, 2.45) is 0 Å². The van der Waals surface area contributed by atoms with Crippen molar-refractivity contribution in [3.8, 4) is 11.5 Å². The van der Waals surface area contributed by atoms with Gasteiger partial charge in [0, 0.05) is 6.07 Å². The van der Waals surface area contributed by atoms with Gasteiger partial charge in [-0.15, -0.1) is 0 Å². The van der Waals surface area contributed by atoms with E-state index in [-0.39, 0.29) is 17.8 Å². The molecule has 96 valence electrons. The fourth-order valence-corrected chi connectivity index (χ4v) is 1.43. The number of ether oxygens (including phenoxy) is 2. The Morgan fingerprint density at radius 3 is 1.67 bits per heavy atom. The van der Waals surface area contributed by atoms with Crippen molar-refractivity contribution in [3.63, 3.8) is 0 Å². The number of hydrogen-bond donors (Lipinski definition) is 0. The van der Waals surface area contributed by atoms with Crippen molar-refractivity contribution in [2.45, 2.75) is 0 Å². The normalized spacial score (nSPS) is 9.67. The second-order valence-electron chi connectivity index (χ2n) is 3.02. The first-order valence-corrected chi connectivity index (χ1v) is 4.50. The van der Waals surface area contributed by atoms with Crippen LogP contribution in [-0.2, 0) is 0 Å². The molecule has 0 radical (unpaired) electrons. The summed E-state index contributed by atoms with van der Waals surface area (Å²) < 4.78 is 9.45. The highest BCUT2D eigenvalue weighted by atomic mass is 16.6. The van der Waals surface area contributed by atoms with Crippen LogP contribution in [-0.4, -0.2) is 30.4 Å². The maximum atomic E-state index is 10.9. The number of nitro groups is 2. The number of hydrogen-bond acceptors (Lipinski definition) is 7. The van der Waals surface area contributed by atoms with E-state index < -0.39 is 26.8 Å². The quantitative estimate of drug-likeness (QED) is 0.442. The van der Waals surface area contributed by atoms with Crippen LogP contribution in [0, 0.1) is 20.2 Å². The van der Waals surface area contributed by atoms with Gasteiger partial charge in [-0.05, 0) is 0 Å². The predicted molar refractivity (Wildman–Crippen MR) is 58.2 cm³/mol. The number of methoxy groups -OCH3 is 2. The zero-order chi connectivity index (χ0) is 13.9. The molecular weight excluding hydrogens is 248 g/mol. The van der Waals surface area contributed by atoms with Gasteiger partial charge in [0.1, 0.15) is 0 Å². The van der Waals surface area contributed by atoms with Gasteiger partial charge in [-0.2, -0.15) is 0 Å². The number of rotatable bonds is 5. The highest BCUT2D eigenvalue weighted by Gasteiger charge is 2.34. The molecule has 1 rings (SSSR count). The molecule has 0 aliphatic heterocycles. The van der Waals surface area contributed by atoms with Gasteiger partial charge in [0.15, 0.2) is 11.8 Å². The molecule has 0 fully saturated rings. The van der Waals surface area contributed by atoms with E-state index in [1.54, 1.807) is 0 Å². The maximum Gasteiger partial charge on any atom is 0.328 e. The third kappa shape index (κ3) is 2.05. The van der Waals surface area contributed by atoms with Gasteiger partial charge >= 0.3 is 11.4 Å². The van der Waals surface area contributed by atoms with Crippen molar-refractivity contribution in [3.05, 3.63) is 31.9 Å². The van der Waals surface area contributed by atoms with Crippen LogP contribution >= 0.6 is 0 Å². The summed E-state index contributed by atoms with van der Waals surface area (Å²) in [6.45, 7) is 0. The number of benzene rings is 1. The number of carbonyl (C=O) groups is 1. The molecule has 0 heterocycles. The molecule has 9 heteroatoms. The zero-order valence-electron chi connectivity index (χ0n) is 9.41. The Morgan fingerprint density at radius 2 is 1.44 bits per heavy atom. The molecule has 18 heavy (non-hydrogen) atoms. The third-order valence-corrected chi connectivity index (χ3v) is 2.16. The standard InChI is InChI=1S/C9H8N2O7/c1-17-6-3-7(18-2)9(11(15)16)5(4-12)8(6)10(13)14/h3-4H,1-2H3. The lowest BCUT2D eigenvalue weighted by Gasteiger charge is -2.08. The smallest absolute Gasteiger partial charge is 0.328 e. The Bertz CT molecular complexity index is 486. The summed E-state index contributed by atoms with van der Waals surface area (Å²) in [5.74, 6) is -0.575. The van der Waals surface area contributed by atoms with Gasteiger partial charge in [0.2, 0.25) is 11.5 Å². The molecule has 0 aliphatic rings. The second-order valence-corrected chi connectivity index (χ2v) is 3.02. The summed E-state index contributed by atoms with van der Waals surface area (Å²) in [5.41, 5.74) is -2.22. The Kier molecular flexibility index (Phi) is 3.77. The molecule has 0 saturated carbocycles. The minimum atomic E-state index is -0.922. The molecule has 0 N–H and O–H groups in total. The van der Waals surface area contributed by atoms with E-state index in [2.05, 4.69) is 0 Å². The van der Waals surface area contributed by atoms with E-state index in [0.717, 1.165) is 20.3 Å². The largest absolute Gasteiger partial charge is 0.490 e. The Morgan fingerprint density at radius 1 is 1.06 bits per heavy atom. The zero-order valence-corrected chi connectivity index (χ0v) is 9.41. The topological polar surface area (TPSA) is 122 Å². The maximum absolute atomic E-state index is 10.9. The van der Waals surface area contributed by atoms with Crippen molar-refractivity contribution < 1.29 is 24.1 Å². The Labute approximate surface area is 100 Å². The van der Waals surface area contributed by atoms with Gasteiger partial charge in [0.25, 0.3) is 0 Å². The summed E-state index contributed by atoms with van der Waals surface area (Å²) >= 11 is 0. The molecule has 0 spiro atoms. The average Bonchev–Trinajstić information content (AvgIpc) is 2.35. The molecule has 0 aliphatic carbocycles. The van der Waals surface area contributed by atoms with E-state index in [0.29, 0.717) is 0 Å². The van der Waals surface area contributed by atoms with Crippen LogP contribution in [0.1, 0.15) is 10.4 Å².